The number of hydrogen-bond donors (Lipinski definition) is 0. The highest BCUT2D eigenvalue weighted by Crippen LogP contribution is 2.35. The zero-order valence-electron chi connectivity index (χ0n) is 9.71. The van der Waals surface area contributed by atoms with Crippen LogP contribution in [0.2, 0.25) is 0 Å². The second-order valence-electron chi connectivity index (χ2n) is 4.04. The Hall–Kier alpha value is -0.380. The van der Waals surface area contributed by atoms with Gasteiger partial charge in [-0.3, -0.25) is 4.98 Å². The van der Waals surface area contributed by atoms with Crippen LogP contribution in [0.15, 0.2) is 28.2 Å². The summed E-state index contributed by atoms with van der Waals surface area (Å²) in [5, 5.41) is -0.00130. The average molecular weight is 331 g/mol. The number of aryl methyl sites for hydroxylation is 2. The molecule has 4 heteroatoms. The lowest BCUT2D eigenvalue weighted by Crippen LogP contribution is -1.98. The number of aromatic nitrogens is 1. The van der Waals surface area contributed by atoms with E-state index in [0.29, 0.717) is 0 Å². The van der Waals surface area contributed by atoms with Gasteiger partial charge in [-0.2, -0.15) is 0 Å². The van der Waals surface area contributed by atoms with E-state index in [4.69, 9.17) is 11.6 Å². The van der Waals surface area contributed by atoms with E-state index in [-0.39, 0.29) is 5.38 Å². The van der Waals surface area contributed by atoms with Gasteiger partial charge < -0.3 is 0 Å². The van der Waals surface area contributed by atoms with E-state index in [1.54, 1.807) is 11.3 Å². The van der Waals surface area contributed by atoms with Crippen LogP contribution in [0.1, 0.15) is 27.1 Å². The van der Waals surface area contributed by atoms with Gasteiger partial charge in [0.2, 0.25) is 0 Å². The molecule has 0 amide bonds. The normalized spacial score (nSPS) is 12.7. The van der Waals surface area contributed by atoms with Crippen molar-refractivity contribution in [3.05, 3.63) is 49.9 Å². The molecule has 0 saturated carbocycles. The maximum absolute atomic E-state index is 6.45. The molecule has 0 fully saturated rings. The van der Waals surface area contributed by atoms with Gasteiger partial charge in [-0.1, -0.05) is 6.07 Å². The Balaban J connectivity index is 2.17. The molecule has 1 unspecified atom stereocenters. The van der Waals surface area contributed by atoms with Crippen LogP contribution in [0.3, 0.4) is 0 Å². The predicted octanol–water partition coefficient (Wildman–Crippen LogP) is 5.05. The summed E-state index contributed by atoms with van der Waals surface area (Å²) < 4.78 is 1.16. The van der Waals surface area contributed by atoms with Crippen molar-refractivity contribution < 1.29 is 0 Å². The molecule has 1 atom stereocenters. The van der Waals surface area contributed by atoms with Crippen LogP contribution < -0.4 is 0 Å². The van der Waals surface area contributed by atoms with Crippen molar-refractivity contribution in [2.24, 2.45) is 0 Å². The molecule has 0 radical (unpaired) electrons. The molecule has 2 aromatic heterocycles. The van der Waals surface area contributed by atoms with Crippen molar-refractivity contribution in [1.29, 1.82) is 0 Å². The zero-order chi connectivity index (χ0) is 12.4. The van der Waals surface area contributed by atoms with Crippen LogP contribution in [0.25, 0.3) is 0 Å². The number of alkyl halides is 1. The van der Waals surface area contributed by atoms with Gasteiger partial charge in [-0.05, 0) is 53.0 Å². The van der Waals surface area contributed by atoms with E-state index in [1.807, 2.05) is 12.3 Å². The third kappa shape index (κ3) is 3.09. The minimum absolute atomic E-state index is 0.00130. The number of pyridine rings is 1. The Morgan fingerprint density at radius 1 is 1.41 bits per heavy atom. The minimum atomic E-state index is -0.00130. The van der Waals surface area contributed by atoms with Gasteiger partial charge in [0.25, 0.3) is 0 Å². The van der Waals surface area contributed by atoms with Crippen molar-refractivity contribution in [2.75, 3.05) is 0 Å². The molecule has 0 saturated heterocycles. The van der Waals surface area contributed by atoms with Crippen molar-refractivity contribution >= 4 is 38.9 Å². The molecular formula is C13H13BrClNS. The number of nitrogens with zero attached hydrogens (tertiary/aromatic N) is 1. The molecular weight excluding hydrogens is 318 g/mol. The number of rotatable bonds is 3. The van der Waals surface area contributed by atoms with Crippen LogP contribution in [-0.4, -0.2) is 4.98 Å². The fourth-order valence-electron chi connectivity index (χ4n) is 1.64. The predicted molar refractivity (Wildman–Crippen MR) is 78.0 cm³/mol. The van der Waals surface area contributed by atoms with Crippen molar-refractivity contribution in [3.63, 3.8) is 0 Å². The van der Waals surface area contributed by atoms with Gasteiger partial charge in [0.15, 0.2) is 0 Å². The molecule has 2 rings (SSSR count). The SMILES string of the molecule is Cc1cccnc1CC(Cl)c1cc(C)c(Br)s1. The third-order valence-electron chi connectivity index (χ3n) is 2.68. The average Bonchev–Trinajstić information content (AvgIpc) is 2.63. The summed E-state index contributed by atoms with van der Waals surface area (Å²) >= 11 is 11.7. The van der Waals surface area contributed by atoms with E-state index in [9.17, 15) is 0 Å². The summed E-state index contributed by atoms with van der Waals surface area (Å²) in [6, 6.07) is 6.17. The monoisotopic (exact) mass is 329 g/mol. The Labute approximate surface area is 119 Å². The highest BCUT2D eigenvalue weighted by molar-refractivity contribution is 9.11. The highest BCUT2D eigenvalue weighted by atomic mass is 79.9. The van der Waals surface area contributed by atoms with Gasteiger partial charge in [-0.15, -0.1) is 22.9 Å². The van der Waals surface area contributed by atoms with Crippen molar-refractivity contribution in [1.82, 2.24) is 4.98 Å². The molecule has 0 N–H and O–H groups in total. The molecule has 1 nitrogen and oxygen atoms in total. The second-order valence-corrected chi connectivity index (χ2v) is 6.97. The molecule has 0 aliphatic rings. The third-order valence-corrected chi connectivity index (χ3v) is 5.44. The first-order valence-corrected chi connectivity index (χ1v) is 7.43. The minimum Gasteiger partial charge on any atom is -0.261 e. The maximum Gasteiger partial charge on any atom is 0.0734 e. The first kappa shape index (κ1) is 13.1. The van der Waals surface area contributed by atoms with E-state index in [1.165, 1.54) is 16.0 Å². The van der Waals surface area contributed by atoms with Crippen LogP contribution in [0, 0.1) is 13.8 Å². The first-order valence-electron chi connectivity index (χ1n) is 5.38. The summed E-state index contributed by atoms with van der Waals surface area (Å²) in [4.78, 5) is 5.58. The Kier molecular flexibility index (Phi) is 4.23. The first-order chi connectivity index (χ1) is 8.08. The molecule has 2 aromatic rings. The number of thiophene rings is 1. The number of hydrogen-bond acceptors (Lipinski definition) is 2. The highest BCUT2D eigenvalue weighted by Gasteiger charge is 2.14. The van der Waals surface area contributed by atoms with Crippen LogP contribution in [0.4, 0.5) is 0 Å². The van der Waals surface area contributed by atoms with E-state index in [0.717, 1.165) is 15.9 Å². The summed E-state index contributed by atoms with van der Waals surface area (Å²) in [6.07, 6.45) is 2.60. The molecule has 17 heavy (non-hydrogen) atoms. The van der Waals surface area contributed by atoms with E-state index < -0.39 is 0 Å². The van der Waals surface area contributed by atoms with Gasteiger partial charge in [0.1, 0.15) is 0 Å². The lowest BCUT2D eigenvalue weighted by atomic mass is 10.1. The van der Waals surface area contributed by atoms with Crippen LogP contribution >= 0.6 is 38.9 Å². The van der Waals surface area contributed by atoms with Gasteiger partial charge in [-0.25, -0.2) is 0 Å². The second kappa shape index (κ2) is 5.51. The van der Waals surface area contributed by atoms with Crippen molar-refractivity contribution in [2.45, 2.75) is 25.6 Å². The summed E-state index contributed by atoms with van der Waals surface area (Å²) in [6.45, 7) is 4.15. The maximum atomic E-state index is 6.45. The molecule has 0 aromatic carbocycles. The molecule has 0 spiro atoms. The van der Waals surface area contributed by atoms with Gasteiger partial charge in [0, 0.05) is 23.2 Å². The molecule has 0 aliphatic heterocycles. The van der Waals surface area contributed by atoms with Crippen molar-refractivity contribution in [3.8, 4) is 0 Å². The topological polar surface area (TPSA) is 12.9 Å². The quantitative estimate of drug-likeness (QED) is 0.718. The fraction of sp³-hybridized carbons (Fsp3) is 0.308. The largest absolute Gasteiger partial charge is 0.261 e. The standard InChI is InChI=1S/C13H13BrClNS/c1-8-4-3-5-16-11(8)7-10(15)12-6-9(2)13(14)17-12/h3-6,10H,7H2,1-2H3. The Morgan fingerprint density at radius 3 is 2.76 bits per heavy atom. The summed E-state index contributed by atoms with van der Waals surface area (Å²) in [5.41, 5.74) is 3.52. The van der Waals surface area contributed by atoms with Crippen LogP contribution in [0.5, 0.6) is 0 Å². The molecule has 2 heterocycles. The fourth-order valence-corrected chi connectivity index (χ4v) is 3.53. The lowest BCUT2D eigenvalue weighted by molar-refractivity contribution is 0.883. The lowest BCUT2D eigenvalue weighted by Gasteiger charge is -2.08. The smallest absolute Gasteiger partial charge is 0.0734 e. The van der Waals surface area contributed by atoms with Gasteiger partial charge in [0.05, 0.1) is 9.16 Å². The van der Waals surface area contributed by atoms with E-state index in [2.05, 4.69) is 46.9 Å². The Bertz CT molecular complexity index is 504. The Morgan fingerprint density at radius 2 is 2.18 bits per heavy atom. The summed E-state index contributed by atoms with van der Waals surface area (Å²) in [7, 11) is 0. The molecule has 90 valence electrons. The summed E-state index contributed by atoms with van der Waals surface area (Å²) in [5.74, 6) is 0. The van der Waals surface area contributed by atoms with E-state index >= 15 is 0 Å². The molecule has 0 bridgehead atoms. The van der Waals surface area contributed by atoms with Crippen LogP contribution in [-0.2, 0) is 6.42 Å². The van der Waals surface area contributed by atoms with Gasteiger partial charge >= 0.3 is 0 Å². The zero-order valence-corrected chi connectivity index (χ0v) is 12.9. The molecule has 0 aliphatic carbocycles. The number of halogens is 2.